The van der Waals surface area contributed by atoms with Crippen LogP contribution in [-0.2, 0) is 24.2 Å². The molecule has 3 aromatic rings. The number of nitrogens with two attached hydrogens (primary N) is 1. The highest BCUT2D eigenvalue weighted by Gasteiger charge is 2.34. The average molecular weight is 679 g/mol. The molecule has 1 amide bonds. The zero-order valence-electron chi connectivity index (χ0n) is 29.7. The van der Waals surface area contributed by atoms with Crippen molar-refractivity contribution < 1.29 is 9.59 Å². The number of carbonyl (C=O) groups is 2. The molecule has 4 aliphatic rings. The van der Waals surface area contributed by atoms with Crippen LogP contribution in [0.4, 0.5) is 17.3 Å². The van der Waals surface area contributed by atoms with Gasteiger partial charge in [0.25, 0.3) is 0 Å². The van der Waals surface area contributed by atoms with Crippen molar-refractivity contribution in [2.24, 2.45) is 16.6 Å². The molecule has 2 N–H and O–H groups in total. The van der Waals surface area contributed by atoms with Crippen LogP contribution in [0.15, 0.2) is 35.5 Å². The minimum atomic E-state index is 0.121. The molecule has 0 atom stereocenters. The van der Waals surface area contributed by atoms with E-state index in [9.17, 15) is 9.59 Å². The fourth-order valence-corrected chi connectivity index (χ4v) is 8.45. The van der Waals surface area contributed by atoms with Gasteiger partial charge in [-0.3, -0.25) is 19.3 Å². The summed E-state index contributed by atoms with van der Waals surface area (Å²) in [6.45, 7) is 11.3. The lowest BCUT2D eigenvalue weighted by molar-refractivity contribution is -0.129. The van der Waals surface area contributed by atoms with Crippen molar-refractivity contribution in [2.75, 3.05) is 62.7 Å². The Morgan fingerprint density at radius 1 is 1.02 bits per heavy atom. The number of hydrogen-bond acceptors (Lipinski definition) is 10. The minimum Gasteiger partial charge on any atom is -0.404 e. The normalized spacial score (nSPS) is 19.6. The number of piperidine rings is 2. The first-order valence-electron chi connectivity index (χ1n) is 18.2. The van der Waals surface area contributed by atoms with Crippen molar-refractivity contribution in [2.45, 2.75) is 71.4 Å². The van der Waals surface area contributed by atoms with Gasteiger partial charge in [0.05, 0.1) is 12.6 Å². The van der Waals surface area contributed by atoms with Gasteiger partial charge in [0, 0.05) is 101 Å². The van der Waals surface area contributed by atoms with Crippen molar-refractivity contribution >= 4 is 41.3 Å². The third-order valence-electron chi connectivity index (χ3n) is 11.2. The lowest BCUT2D eigenvalue weighted by atomic mass is 9.92. The van der Waals surface area contributed by atoms with E-state index in [4.69, 9.17) is 10.8 Å². The number of allylic oxidation sites excluding steroid dienone is 1. The molecule has 264 valence electrons. The standard InChI is InChI=1S/C38H50N10O2/c1-26-19-36-29(20-33(26)30(21-39)22-40-3)5-4-13-47(36)38-34-24-46(27(2)50)18-12-35(34)48(43-38)32-10-14-44(15-11-32)23-28-8-16-45(17-9-28)37-7-6-31(25-49)41-42-37/h6-7,19-22,25,28,32H,4-5,8-18,23-24,39H2,1-3H3/b30-21+,40-22?. The highest BCUT2D eigenvalue weighted by atomic mass is 16.2. The maximum Gasteiger partial charge on any atom is 0.219 e. The maximum absolute atomic E-state index is 12.6. The van der Waals surface area contributed by atoms with Crippen molar-refractivity contribution in [1.82, 2.24) is 29.8 Å². The predicted octanol–water partition coefficient (Wildman–Crippen LogP) is 4.34. The maximum atomic E-state index is 12.6. The van der Waals surface area contributed by atoms with Crippen LogP contribution >= 0.6 is 0 Å². The molecule has 6 heterocycles. The zero-order chi connectivity index (χ0) is 34.8. The Hall–Kier alpha value is -4.58. The Morgan fingerprint density at radius 3 is 2.50 bits per heavy atom. The van der Waals surface area contributed by atoms with E-state index in [-0.39, 0.29) is 5.91 Å². The molecular weight excluding hydrogens is 628 g/mol. The summed E-state index contributed by atoms with van der Waals surface area (Å²) in [5.41, 5.74) is 14.6. The smallest absolute Gasteiger partial charge is 0.219 e. The van der Waals surface area contributed by atoms with E-state index in [0.29, 0.717) is 24.2 Å². The number of aryl methyl sites for hydroxylation is 2. The number of hydrogen-bond donors (Lipinski definition) is 1. The van der Waals surface area contributed by atoms with Gasteiger partial charge >= 0.3 is 0 Å². The Bertz CT molecular complexity index is 1760. The fourth-order valence-electron chi connectivity index (χ4n) is 8.45. The van der Waals surface area contributed by atoms with Gasteiger partial charge in [0.2, 0.25) is 5.91 Å². The van der Waals surface area contributed by atoms with Crippen LogP contribution in [-0.4, -0.2) is 101 Å². The minimum absolute atomic E-state index is 0.121. The second-order valence-electron chi connectivity index (χ2n) is 14.3. The second-order valence-corrected chi connectivity index (χ2v) is 14.3. The van der Waals surface area contributed by atoms with Crippen LogP contribution in [0.1, 0.15) is 83.5 Å². The van der Waals surface area contributed by atoms with E-state index in [0.717, 1.165) is 125 Å². The summed E-state index contributed by atoms with van der Waals surface area (Å²) < 4.78 is 2.36. The lowest BCUT2D eigenvalue weighted by Gasteiger charge is -2.38. The highest BCUT2D eigenvalue weighted by Crippen LogP contribution is 2.41. The first kappa shape index (κ1) is 33.9. The Morgan fingerprint density at radius 2 is 1.82 bits per heavy atom. The number of aliphatic imine (C=N–C) groups is 1. The third-order valence-corrected chi connectivity index (χ3v) is 11.2. The zero-order valence-corrected chi connectivity index (χ0v) is 29.7. The van der Waals surface area contributed by atoms with Crippen LogP contribution in [0.25, 0.3) is 5.57 Å². The van der Waals surface area contributed by atoms with E-state index in [1.165, 1.54) is 22.5 Å². The summed E-state index contributed by atoms with van der Waals surface area (Å²) in [7, 11) is 1.77. The van der Waals surface area contributed by atoms with Crippen molar-refractivity contribution in [3.8, 4) is 0 Å². The molecule has 0 aliphatic carbocycles. The van der Waals surface area contributed by atoms with Gasteiger partial charge < -0.3 is 25.3 Å². The van der Waals surface area contributed by atoms with E-state index < -0.39 is 0 Å². The molecular formula is C38H50N10O2. The number of aldehydes is 1. The molecule has 0 unspecified atom stereocenters. The van der Waals surface area contributed by atoms with Gasteiger partial charge in [-0.2, -0.15) is 5.10 Å². The topological polar surface area (TPSA) is 129 Å². The van der Waals surface area contributed by atoms with E-state index in [1.54, 1.807) is 26.2 Å². The van der Waals surface area contributed by atoms with E-state index in [1.807, 2.05) is 17.2 Å². The van der Waals surface area contributed by atoms with Crippen molar-refractivity contribution in [1.29, 1.82) is 0 Å². The summed E-state index contributed by atoms with van der Waals surface area (Å²) in [4.78, 5) is 37.1. The molecule has 50 heavy (non-hydrogen) atoms. The predicted molar refractivity (Wildman–Crippen MR) is 197 cm³/mol. The second kappa shape index (κ2) is 14.7. The largest absolute Gasteiger partial charge is 0.404 e. The van der Waals surface area contributed by atoms with E-state index in [2.05, 4.69) is 53.6 Å². The number of aromatic nitrogens is 4. The van der Waals surface area contributed by atoms with Crippen LogP contribution in [0.2, 0.25) is 0 Å². The SMILES string of the molecule is CN=C/C(=C\N)c1cc2c(cc1C)N(c1nn(C3CCN(CC4CCN(c5ccc(C=O)nn5)CC4)CC3)c3c1CN(C(C)=O)CC3)CCC2. The fraction of sp³-hybridized carbons (Fsp3) is 0.526. The van der Waals surface area contributed by atoms with Gasteiger partial charge in [-0.1, -0.05) is 0 Å². The van der Waals surface area contributed by atoms with Crippen LogP contribution in [0, 0.1) is 12.8 Å². The van der Waals surface area contributed by atoms with Gasteiger partial charge in [-0.05, 0) is 92.3 Å². The van der Waals surface area contributed by atoms with Gasteiger partial charge in [-0.25, -0.2) is 0 Å². The Labute approximate surface area is 295 Å². The molecule has 12 heteroatoms. The average Bonchev–Trinajstić information content (AvgIpc) is 3.53. The molecule has 1 aromatic carbocycles. The number of nitrogens with zero attached hydrogens (tertiary/aromatic N) is 9. The van der Waals surface area contributed by atoms with Crippen molar-refractivity contribution in [3.63, 3.8) is 0 Å². The summed E-state index contributed by atoms with van der Waals surface area (Å²) in [6.07, 6.45) is 11.5. The number of amides is 1. The van der Waals surface area contributed by atoms with Crippen molar-refractivity contribution in [3.05, 3.63) is 64.1 Å². The number of likely N-dealkylation sites (tertiary alicyclic amines) is 1. The number of carbonyl (C=O) groups excluding carboxylic acids is 2. The summed E-state index contributed by atoms with van der Waals surface area (Å²) in [5, 5.41) is 13.7. The monoisotopic (exact) mass is 678 g/mol. The number of fused-ring (bicyclic) bond motifs is 2. The summed E-state index contributed by atoms with van der Waals surface area (Å²) in [6, 6.07) is 8.56. The molecule has 7 rings (SSSR count). The molecule has 4 aliphatic heterocycles. The molecule has 2 aromatic heterocycles. The van der Waals surface area contributed by atoms with Gasteiger partial charge in [-0.15, -0.1) is 10.2 Å². The van der Waals surface area contributed by atoms with Crippen LogP contribution < -0.4 is 15.5 Å². The quantitative estimate of drug-likeness (QED) is 0.273. The molecule has 0 saturated carbocycles. The summed E-state index contributed by atoms with van der Waals surface area (Å²) >= 11 is 0. The van der Waals surface area contributed by atoms with E-state index >= 15 is 0 Å². The molecule has 0 bridgehead atoms. The highest BCUT2D eigenvalue weighted by molar-refractivity contribution is 6.10. The Kier molecular flexibility index (Phi) is 9.98. The molecule has 0 radical (unpaired) electrons. The Balaban J connectivity index is 1.06. The van der Waals surface area contributed by atoms with Gasteiger partial charge in [0.1, 0.15) is 5.69 Å². The first-order chi connectivity index (χ1) is 24.4. The van der Waals surface area contributed by atoms with Gasteiger partial charge in [0.15, 0.2) is 17.9 Å². The first-order valence-corrected chi connectivity index (χ1v) is 18.2. The molecule has 0 spiro atoms. The molecule has 2 saturated heterocycles. The van der Waals surface area contributed by atoms with Crippen LogP contribution in [0.3, 0.4) is 0 Å². The number of anilines is 3. The number of benzene rings is 1. The lowest BCUT2D eigenvalue weighted by Crippen LogP contribution is -2.42. The third kappa shape index (κ3) is 6.77. The molecule has 12 nitrogen and oxygen atoms in total. The number of rotatable bonds is 8. The van der Waals surface area contributed by atoms with Crippen LogP contribution in [0.5, 0.6) is 0 Å². The summed E-state index contributed by atoms with van der Waals surface area (Å²) in [5.74, 6) is 2.66. The molecule has 2 fully saturated rings.